The Balaban J connectivity index is 1.80. The lowest BCUT2D eigenvalue weighted by atomic mass is 10.1. The van der Waals surface area contributed by atoms with E-state index in [1.807, 2.05) is 41.8 Å². The van der Waals surface area contributed by atoms with Gasteiger partial charge in [0.1, 0.15) is 6.04 Å². The molecule has 0 aliphatic carbocycles. The van der Waals surface area contributed by atoms with E-state index in [4.69, 9.17) is 5.73 Å². The van der Waals surface area contributed by atoms with E-state index in [0.29, 0.717) is 0 Å². The summed E-state index contributed by atoms with van der Waals surface area (Å²) >= 11 is 1.48. The van der Waals surface area contributed by atoms with E-state index >= 15 is 0 Å². The first-order valence-corrected chi connectivity index (χ1v) is 7.05. The van der Waals surface area contributed by atoms with Crippen LogP contribution in [0.4, 0.5) is 5.69 Å². The molecule has 3 N–H and O–H groups in total. The van der Waals surface area contributed by atoms with Crippen molar-refractivity contribution < 1.29 is 4.79 Å². The van der Waals surface area contributed by atoms with E-state index in [1.54, 1.807) is 12.4 Å². The number of aromatic nitrogens is 1. The van der Waals surface area contributed by atoms with Crippen LogP contribution in [0, 0.1) is 0 Å². The van der Waals surface area contributed by atoms with E-state index in [-0.39, 0.29) is 5.91 Å². The van der Waals surface area contributed by atoms with Crippen molar-refractivity contribution in [2.45, 2.75) is 6.04 Å². The van der Waals surface area contributed by atoms with Crippen molar-refractivity contribution in [3.05, 3.63) is 59.0 Å². The van der Waals surface area contributed by atoms with Gasteiger partial charge in [-0.05, 0) is 35.0 Å². The van der Waals surface area contributed by atoms with E-state index < -0.39 is 6.04 Å². The van der Waals surface area contributed by atoms with Gasteiger partial charge in [-0.25, -0.2) is 0 Å². The van der Waals surface area contributed by atoms with Gasteiger partial charge in [-0.2, -0.15) is 0 Å². The lowest BCUT2D eigenvalue weighted by Gasteiger charge is -2.11. The Morgan fingerprint density at radius 1 is 1.25 bits per heavy atom. The van der Waals surface area contributed by atoms with Gasteiger partial charge in [0.2, 0.25) is 5.91 Å². The molecule has 1 atom stereocenters. The fraction of sp³-hybridized carbons (Fsp3) is 0.0667. The Kier molecular flexibility index (Phi) is 3.45. The number of carbonyl (C=O) groups excluding carboxylic acids is 1. The molecule has 0 bridgehead atoms. The number of hydrogen-bond acceptors (Lipinski definition) is 4. The van der Waals surface area contributed by atoms with Gasteiger partial charge in [0, 0.05) is 28.3 Å². The van der Waals surface area contributed by atoms with Crippen LogP contribution in [0.1, 0.15) is 10.9 Å². The summed E-state index contributed by atoms with van der Waals surface area (Å²) in [5.74, 6) is -0.208. The Labute approximate surface area is 120 Å². The molecule has 3 aromatic rings. The first-order chi connectivity index (χ1) is 9.74. The topological polar surface area (TPSA) is 68.0 Å². The molecule has 1 aromatic carbocycles. The van der Waals surface area contributed by atoms with Gasteiger partial charge in [0.05, 0.1) is 0 Å². The zero-order chi connectivity index (χ0) is 13.9. The standard InChI is InChI=1S/C15H13N3OS/c16-14(13-2-1-7-20-13)15(19)18-12-4-3-11-9-17-6-5-10(11)8-12/h1-9,14H,16H2,(H,18,19). The predicted octanol–water partition coefficient (Wildman–Crippen LogP) is 2.93. The second kappa shape index (κ2) is 5.40. The lowest BCUT2D eigenvalue weighted by Crippen LogP contribution is -2.26. The third kappa shape index (κ3) is 2.54. The van der Waals surface area contributed by atoms with Gasteiger partial charge < -0.3 is 11.1 Å². The van der Waals surface area contributed by atoms with Crippen LogP contribution in [-0.2, 0) is 4.79 Å². The van der Waals surface area contributed by atoms with Crippen molar-refractivity contribution in [3.63, 3.8) is 0 Å². The number of nitrogens with two attached hydrogens (primary N) is 1. The zero-order valence-electron chi connectivity index (χ0n) is 10.6. The number of benzene rings is 1. The predicted molar refractivity (Wildman–Crippen MR) is 81.6 cm³/mol. The van der Waals surface area contributed by atoms with Gasteiger partial charge in [0.15, 0.2) is 0 Å². The van der Waals surface area contributed by atoms with E-state index in [2.05, 4.69) is 10.3 Å². The van der Waals surface area contributed by atoms with Crippen molar-refractivity contribution in [1.29, 1.82) is 0 Å². The van der Waals surface area contributed by atoms with Crippen LogP contribution in [0.2, 0.25) is 0 Å². The Morgan fingerprint density at radius 3 is 2.95 bits per heavy atom. The molecule has 0 fully saturated rings. The molecular weight excluding hydrogens is 270 g/mol. The summed E-state index contributed by atoms with van der Waals surface area (Å²) in [5, 5.41) is 6.82. The average molecular weight is 283 g/mol. The quantitative estimate of drug-likeness (QED) is 0.776. The molecule has 100 valence electrons. The SMILES string of the molecule is NC(C(=O)Nc1ccc2cnccc2c1)c1cccs1. The van der Waals surface area contributed by atoms with Crippen LogP contribution < -0.4 is 11.1 Å². The molecule has 5 heteroatoms. The molecule has 2 aromatic heterocycles. The number of rotatable bonds is 3. The minimum atomic E-state index is -0.636. The second-order valence-electron chi connectivity index (χ2n) is 4.42. The largest absolute Gasteiger partial charge is 0.324 e. The van der Waals surface area contributed by atoms with Crippen LogP contribution in [0.15, 0.2) is 54.2 Å². The molecule has 20 heavy (non-hydrogen) atoms. The molecule has 1 amide bonds. The number of fused-ring (bicyclic) bond motifs is 1. The fourth-order valence-corrected chi connectivity index (χ4v) is 2.70. The number of hydrogen-bond donors (Lipinski definition) is 2. The number of anilines is 1. The molecule has 0 radical (unpaired) electrons. The van der Waals surface area contributed by atoms with Crippen LogP contribution >= 0.6 is 11.3 Å². The summed E-state index contributed by atoms with van der Waals surface area (Å²) in [4.78, 5) is 17.0. The molecule has 0 aliphatic heterocycles. The third-order valence-corrected chi connectivity index (χ3v) is 4.00. The third-order valence-electron chi connectivity index (χ3n) is 3.04. The van der Waals surface area contributed by atoms with Crippen molar-refractivity contribution in [2.24, 2.45) is 5.73 Å². The number of nitrogens with one attached hydrogen (secondary N) is 1. The van der Waals surface area contributed by atoms with Crippen molar-refractivity contribution in [2.75, 3.05) is 5.32 Å². The van der Waals surface area contributed by atoms with Gasteiger partial charge in [-0.15, -0.1) is 11.3 Å². The van der Waals surface area contributed by atoms with Crippen molar-refractivity contribution >= 4 is 33.7 Å². The number of amides is 1. The molecule has 0 saturated carbocycles. The first kappa shape index (κ1) is 12.8. The molecule has 2 heterocycles. The fourth-order valence-electron chi connectivity index (χ4n) is 1.98. The van der Waals surface area contributed by atoms with Crippen molar-refractivity contribution in [1.82, 2.24) is 4.98 Å². The monoisotopic (exact) mass is 283 g/mol. The summed E-state index contributed by atoms with van der Waals surface area (Å²) in [6, 6.07) is 10.7. The summed E-state index contributed by atoms with van der Waals surface area (Å²) in [5.41, 5.74) is 6.67. The summed E-state index contributed by atoms with van der Waals surface area (Å²) in [6.45, 7) is 0. The smallest absolute Gasteiger partial charge is 0.246 e. The molecule has 0 aliphatic rings. The minimum absolute atomic E-state index is 0.208. The minimum Gasteiger partial charge on any atom is -0.324 e. The highest BCUT2D eigenvalue weighted by Crippen LogP contribution is 2.21. The van der Waals surface area contributed by atoms with Gasteiger partial charge in [-0.1, -0.05) is 12.1 Å². The van der Waals surface area contributed by atoms with Gasteiger partial charge in [0.25, 0.3) is 0 Å². The van der Waals surface area contributed by atoms with E-state index in [1.165, 1.54) is 11.3 Å². The Bertz CT molecular complexity index is 740. The maximum atomic E-state index is 12.1. The second-order valence-corrected chi connectivity index (χ2v) is 5.40. The average Bonchev–Trinajstić information content (AvgIpc) is 3.00. The highest BCUT2D eigenvalue weighted by Gasteiger charge is 2.16. The molecular formula is C15H13N3OS. The first-order valence-electron chi connectivity index (χ1n) is 6.18. The highest BCUT2D eigenvalue weighted by atomic mass is 32.1. The molecule has 4 nitrogen and oxygen atoms in total. The molecule has 0 spiro atoms. The summed E-state index contributed by atoms with van der Waals surface area (Å²) < 4.78 is 0. The van der Waals surface area contributed by atoms with Crippen molar-refractivity contribution in [3.8, 4) is 0 Å². The summed E-state index contributed by atoms with van der Waals surface area (Å²) in [7, 11) is 0. The maximum Gasteiger partial charge on any atom is 0.246 e. The van der Waals surface area contributed by atoms with Crippen LogP contribution in [-0.4, -0.2) is 10.9 Å². The van der Waals surface area contributed by atoms with Gasteiger partial charge >= 0.3 is 0 Å². The van der Waals surface area contributed by atoms with Crippen LogP contribution in [0.25, 0.3) is 10.8 Å². The van der Waals surface area contributed by atoms with Gasteiger partial charge in [-0.3, -0.25) is 9.78 Å². The number of carbonyl (C=O) groups is 1. The lowest BCUT2D eigenvalue weighted by molar-refractivity contribution is -0.117. The van der Waals surface area contributed by atoms with E-state index in [0.717, 1.165) is 21.3 Å². The number of nitrogens with zero attached hydrogens (tertiary/aromatic N) is 1. The Morgan fingerprint density at radius 2 is 2.15 bits per heavy atom. The Hall–Kier alpha value is -2.24. The molecule has 0 saturated heterocycles. The van der Waals surface area contributed by atoms with Crippen LogP contribution in [0.3, 0.4) is 0 Å². The molecule has 3 rings (SSSR count). The zero-order valence-corrected chi connectivity index (χ0v) is 11.4. The highest BCUT2D eigenvalue weighted by molar-refractivity contribution is 7.10. The number of pyridine rings is 1. The number of thiophene rings is 1. The summed E-state index contributed by atoms with van der Waals surface area (Å²) in [6.07, 6.45) is 3.52. The normalized spacial score (nSPS) is 12.2. The molecule has 1 unspecified atom stereocenters. The van der Waals surface area contributed by atoms with Crippen LogP contribution in [0.5, 0.6) is 0 Å². The maximum absolute atomic E-state index is 12.1. The van der Waals surface area contributed by atoms with E-state index in [9.17, 15) is 4.79 Å².